The molecule has 2 bridgehead atoms. The van der Waals surface area contributed by atoms with Crippen LogP contribution in [0.2, 0.25) is 0 Å². The van der Waals surface area contributed by atoms with E-state index in [2.05, 4.69) is 0 Å². The summed E-state index contributed by atoms with van der Waals surface area (Å²) >= 11 is 0. The predicted octanol–water partition coefficient (Wildman–Crippen LogP) is 6.62. The van der Waals surface area contributed by atoms with Crippen LogP contribution in [-0.2, 0) is 56.8 Å². The minimum atomic E-state index is -1.51. The molecule has 18 nitrogen and oxygen atoms in total. The molecular weight excluding hydrogens is 985 g/mol. The summed E-state index contributed by atoms with van der Waals surface area (Å²) in [4.78, 5) is 81.9. The highest BCUT2D eigenvalue weighted by molar-refractivity contribution is 5.92. The van der Waals surface area contributed by atoms with Crippen LogP contribution in [0.5, 0.6) is 0 Å². The van der Waals surface area contributed by atoms with Crippen molar-refractivity contribution >= 4 is 35.8 Å². The Labute approximate surface area is 435 Å². The lowest BCUT2D eigenvalue weighted by molar-refractivity contribution is -0.270. The molecule has 4 fully saturated rings. The average molecular weight is 1040 g/mol. The van der Waals surface area contributed by atoms with E-state index in [1.165, 1.54) is 0 Å². The molecular formula is C58H50O18. The third-order valence-corrected chi connectivity index (χ3v) is 12.9. The Morgan fingerprint density at radius 3 is 1.03 bits per heavy atom. The van der Waals surface area contributed by atoms with Gasteiger partial charge in [-0.15, -0.1) is 0 Å². The fraction of sp³-hybridized carbons (Fsp3) is 0.276. The number of hydrogen-bond acceptors (Lipinski definition) is 18. The monoisotopic (exact) mass is 1030 g/mol. The third-order valence-electron chi connectivity index (χ3n) is 12.9. The summed E-state index contributed by atoms with van der Waals surface area (Å²) in [5, 5.41) is 0. The van der Waals surface area contributed by atoms with Crippen LogP contribution in [0.4, 0.5) is 0 Å². The molecule has 0 N–H and O–H groups in total. The molecule has 0 amide bonds. The molecule has 76 heavy (non-hydrogen) atoms. The van der Waals surface area contributed by atoms with Crippen molar-refractivity contribution < 1.29 is 85.6 Å². The van der Waals surface area contributed by atoms with E-state index < -0.39 is 123 Å². The van der Waals surface area contributed by atoms with E-state index in [1.54, 1.807) is 182 Å². The van der Waals surface area contributed by atoms with E-state index in [0.29, 0.717) is 0 Å². The summed E-state index contributed by atoms with van der Waals surface area (Å²) in [6, 6.07) is 49.0. The number of benzene rings is 6. The van der Waals surface area contributed by atoms with Crippen molar-refractivity contribution in [1.82, 2.24) is 0 Å². The Bertz CT molecular complexity index is 2930. The van der Waals surface area contributed by atoms with Gasteiger partial charge in [-0.05, 0) is 72.8 Å². The van der Waals surface area contributed by atoms with Gasteiger partial charge in [0.15, 0.2) is 37.0 Å². The average Bonchev–Trinajstić information content (AvgIpc) is 4.07. The normalized spacial score (nSPS) is 26.4. The standard InChI is InChI=1S/C58H50O18/c59-51(35-19-7-1-8-20-35)67-33-43-47(72-53(61)37-23-11-3-12-24-37)49(74-55(63)39-27-15-5-16-28-39)57(70-43)69-42-32-65-41-31-66-45(42)46(41)76-58-50(75-56(64)40-29-17-6-18-30-40)48(73-54(62)38-25-13-4-14-26-38)44(71-58)34-68-52(60)36-21-9-2-10-22-36/h1-30,41-50,57-58H,31-34H2/t41-,42+,43+,44+,45-,46-,47+,48+,49-,50-,57-,58+/m0/s1. The minimum absolute atomic E-state index is 0.00571. The molecule has 390 valence electrons. The molecule has 0 saturated carbocycles. The summed E-state index contributed by atoms with van der Waals surface area (Å²) in [5.41, 5.74) is 1.21. The van der Waals surface area contributed by atoms with Crippen LogP contribution >= 0.6 is 0 Å². The number of fused-ring (bicyclic) bond motifs is 2. The Morgan fingerprint density at radius 2 is 0.671 bits per heavy atom. The molecule has 0 unspecified atom stereocenters. The fourth-order valence-corrected chi connectivity index (χ4v) is 9.09. The molecule has 6 aromatic rings. The van der Waals surface area contributed by atoms with Gasteiger partial charge in [0.25, 0.3) is 0 Å². The Morgan fingerprint density at radius 1 is 0.355 bits per heavy atom. The summed E-state index contributed by atoms with van der Waals surface area (Å²) in [6.07, 6.45) is -15.1. The lowest BCUT2D eigenvalue weighted by atomic mass is 10.0. The van der Waals surface area contributed by atoms with Crippen molar-refractivity contribution in [3.63, 3.8) is 0 Å². The van der Waals surface area contributed by atoms with Crippen molar-refractivity contribution in [3.05, 3.63) is 215 Å². The van der Waals surface area contributed by atoms with Gasteiger partial charge in [-0.2, -0.15) is 0 Å². The number of rotatable bonds is 18. The second-order valence-corrected chi connectivity index (χ2v) is 17.9. The highest BCUT2D eigenvalue weighted by Crippen LogP contribution is 2.39. The van der Waals surface area contributed by atoms with E-state index in [4.69, 9.17) is 56.8 Å². The van der Waals surface area contributed by atoms with Gasteiger partial charge in [-0.3, -0.25) is 0 Å². The third kappa shape index (κ3) is 12.0. The van der Waals surface area contributed by atoms with Crippen LogP contribution in [0.25, 0.3) is 0 Å². The zero-order chi connectivity index (χ0) is 52.4. The van der Waals surface area contributed by atoms with Crippen LogP contribution in [0.3, 0.4) is 0 Å². The highest BCUT2D eigenvalue weighted by Gasteiger charge is 2.58. The molecule has 0 radical (unpaired) electrons. The van der Waals surface area contributed by atoms with E-state index in [1.807, 2.05) is 0 Å². The summed E-state index contributed by atoms with van der Waals surface area (Å²) in [6.45, 7) is -1.04. The number of hydrogen-bond donors (Lipinski definition) is 0. The fourth-order valence-electron chi connectivity index (χ4n) is 9.09. The van der Waals surface area contributed by atoms with Crippen LogP contribution in [0.1, 0.15) is 62.1 Å². The first-order valence-electron chi connectivity index (χ1n) is 24.5. The molecule has 0 spiro atoms. The molecule has 6 aromatic carbocycles. The second-order valence-electron chi connectivity index (χ2n) is 17.9. The van der Waals surface area contributed by atoms with Crippen molar-refractivity contribution in [2.75, 3.05) is 26.4 Å². The predicted molar refractivity (Wildman–Crippen MR) is 263 cm³/mol. The van der Waals surface area contributed by atoms with Gasteiger partial charge < -0.3 is 56.8 Å². The Kier molecular flexibility index (Phi) is 16.3. The van der Waals surface area contributed by atoms with Gasteiger partial charge >= 0.3 is 35.8 Å². The number of carbonyl (C=O) groups is 6. The van der Waals surface area contributed by atoms with Gasteiger partial charge in [0.1, 0.15) is 49.8 Å². The lowest BCUT2D eigenvalue weighted by Crippen LogP contribution is -2.54. The first-order chi connectivity index (χ1) is 37.2. The zero-order valence-electron chi connectivity index (χ0n) is 40.4. The van der Waals surface area contributed by atoms with Crippen molar-refractivity contribution in [2.24, 2.45) is 0 Å². The molecule has 0 aliphatic carbocycles. The van der Waals surface area contributed by atoms with Gasteiger partial charge in [-0.25, -0.2) is 28.8 Å². The minimum Gasteiger partial charge on any atom is -0.459 e. The first kappa shape index (κ1) is 51.4. The first-order valence-corrected chi connectivity index (χ1v) is 24.5. The van der Waals surface area contributed by atoms with Crippen LogP contribution in [0.15, 0.2) is 182 Å². The van der Waals surface area contributed by atoms with Crippen LogP contribution < -0.4 is 0 Å². The van der Waals surface area contributed by atoms with Gasteiger partial charge in [0.05, 0.1) is 46.6 Å². The molecule has 18 heteroatoms. The maximum Gasteiger partial charge on any atom is 0.338 e. The SMILES string of the molecule is O=C(OC[C@H]1O[C@H](O[C@@H]2[C@H]3OC[C@@H]2OC[C@H]3O[C@H]2O[C@H](COC(=O)c3ccccc3)[C@@H](OC(=O)c3ccccc3)[C@@H]2OC(=O)c2ccccc2)[C@@H](OC(=O)c2ccccc2)[C@@H]1OC(=O)c1ccccc1)c1ccccc1. The van der Waals surface area contributed by atoms with Crippen molar-refractivity contribution in [3.8, 4) is 0 Å². The Balaban J connectivity index is 0.933. The zero-order valence-corrected chi connectivity index (χ0v) is 40.4. The molecule has 4 aliphatic rings. The molecule has 0 aromatic heterocycles. The van der Waals surface area contributed by atoms with Crippen molar-refractivity contribution in [1.29, 1.82) is 0 Å². The topological polar surface area (TPSA) is 213 Å². The van der Waals surface area contributed by atoms with Crippen LogP contribution in [-0.4, -0.2) is 136 Å². The molecule has 4 saturated heterocycles. The number of carbonyl (C=O) groups excluding carboxylic acids is 6. The smallest absolute Gasteiger partial charge is 0.338 e. The van der Waals surface area contributed by atoms with Gasteiger partial charge in [0.2, 0.25) is 0 Å². The van der Waals surface area contributed by atoms with E-state index in [-0.39, 0.29) is 46.6 Å². The summed E-state index contributed by atoms with van der Waals surface area (Å²) in [7, 11) is 0. The summed E-state index contributed by atoms with van der Waals surface area (Å²) in [5.74, 6) is -4.56. The molecule has 4 heterocycles. The molecule has 12 atom stereocenters. The largest absolute Gasteiger partial charge is 0.459 e. The van der Waals surface area contributed by atoms with Gasteiger partial charge in [0, 0.05) is 0 Å². The lowest BCUT2D eigenvalue weighted by Gasteiger charge is -2.37. The molecule has 4 aliphatic heterocycles. The quantitative estimate of drug-likeness (QED) is 0.0653. The van der Waals surface area contributed by atoms with Crippen LogP contribution in [0, 0.1) is 0 Å². The summed E-state index contributed by atoms with van der Waals surface area (Å²) < 4.78 is 74.6. The maximum absolute atomic E-state index is 13.9. The molecule has 10 rings (SSSR count). The second kappa shape index (κ2) is 24.1. The van der Waals surface area contributed by atoms with Crippen molar-refractivity contribution in [2.45, 2.75) is 73.6 Å². The van der Waals surface area contributed by atoms with E-state index in [9.17, 15) is 28.8 Å². The number of ether oxygens (including phenoxy) is 12. The highest BCUT2D eigenvalue weighted by atomic mass is 16.8. The van der Waals surface area contributed by atoms with Gasteiger partial charge in [-0.1, -0.05) is 109 Å². The maximum atomic E-state index is 13.9. The van der Waals surface area contributed by atoms with E-state index >= 15 is 0 Å². The van der Waals surface area contributed by atoms with E-state index in [0.717, 1.165) is 0 Å². The Hall–Kier alpha value is -8.10. The number of esters is 6.